The third-order valence-corrected chi connectivity index (χ3v) is 3.60. The molecule has 1 heterocycles. The van der Waals surface area contributed by atoms with Gasteiger partial charge in [-0.25, -0.2) is 0 Å². The van der Waals surface area contributed by atoms with Crippen molar-refractivity contribution in [3.8, 4) is 0 Å². The molecule has 0 aliphatic carbocycles. The van der Waals surface area contributed by atoms with E-state index in [4.69, 9.17) is 0 Å². The standard InChI is InChI=1S/C15H20BrNO2/c1-3-9-13-12(4-2)14(18)17(15(13)19)11-8-6-5-7-10-16/h3-4,9H,2,5-8,10-11H2,1H3/b9-3-. The van der Waals surface area contributed by atoms with Crippen LogP contribution in [0.1, 0.15) is 32.6 Å². The van der Waals surface area contributed by atoms with Crippen LogP contribution < -0.4 is 0 Å². The van der Waals surface area contributed by atoms with E-state index >= 15 is 0 Å². The first-order valence-electron chi connectivity index (χ1n) is 6.59. The summed E-state index contributed by atoms with van der Waals surface area (Å²) in [4.78, 5) is 25.6. The van der Waals surface area contributed by atoms with Crippen molar-refractivity contribution >= 4 is 27.7 Å². The van der Waals surface area contributed by atoms with Crippen LogP contribution in [0.2, 0.25) is 0 Å². The zero-order chi connectivity index (χ0) is 14.3. The number of rotatable bonds is 8. The second-order valence-corrected chi connectivity index (χ2v) is 5.19. The maximum Gasteiger partial charge on any atom is 0.261 e. The Morgan fingerprint density at radius 1 is 1.11 bits per heavy atom. The number of imide groups is 1. The summed E-state index contributed by atoms with van der Waals surface area (Å²) in [5.74, 6) is -0.410. The first-order valence-corrected chi connectivity index (χ1v) is 7.71. The summed E-state index contributed by atoms with van der Waals surface area (Å²) in [7, 11) is 0. The van der Waals surface area contributed by atoms with Crippen LogP contribution in [0.4, 0.5) is 0 Å². The van der Waals surface area contributed by atoms with Gasteiger partial charge in [0.25, 0.3) is 11.8 Å². The summed E-state index contributed by atoms with van der Waals surface area (Å²) in [5.41, 5.74) is 0.881. The van der Waals surface area contributed by atoms with Crippen LogP contribution in [0, 0.1) is 0 Å². The predicted molar refractivity (Wildman–Crippen MR) is 81.0 cm³/mol. The molecule has 0 aromatic carbocycles. The third-order valence-electron chi connectivity index (χ3n) is 3.04. The highest BCUT2D eigenvalue weighted by Crippen LogP contribution is 2.23. The molecule has 1 aliphatic rings. The number of hydrogen-bond acceptors (Lipinski definition) is 2. The molecule has 2 amide bonds. The van der Waals surface area contributed by atoms with Gasteiger partial charge in [-0.3, -0.25) is 14.5 Å². The lowest BCUT2D eigenvalue weighted by atomic mass is 10.1. The Morgan fingerprint density at radius 3 is 2.32 bits per heavy atom. The van der Waals surface area contributed by atoms with Crippen molar-refractivity contribution in [3.05, 3.63) is 36.0 Å². The Bertz CT molecular complexity index is 424. The van der Waals surface area contributed by atoms with Crippen molar-refractivity contribution in [1.82, 2.24) is 4.90 Å². The van der Waals surface area contributed by atoms with Gasteiger partial charge >= 0.3 is 0 Å². The molecule has 3 nitrogen and oxygen atoms in total. The highest BCUT2D eigenvalue weighted by molar-refractivity contribution is 9.09. The Labute approximate surface area is 123 Å². The van der Waals surface area contributed by atoms with E-state index in [9.17, 15) is 9.59 Å². The smallest absolute Gasteiger partial charge is 0.261 e. The zero-order valence-corrected chi connectivity index (χ0v) is 12.9. The number of allylic oxidation sites excluding steroid dienone is 1. The summed E-state index contributed by atoms with van der Waals surface area (Å²) < 4.78 is 0. The lowest BCUT2D eigenvalue weighted by molar-refractivity contribution is -0.137. The number of amides is 2. The molecule has 0 saturated heterocycles. The summed E-state index contributed by atoms with van der Waals surface area (Å²) in [6, 6.07) is 0. The van der Waals surface area contributed by atoms with Crippen LogP contribution in [0.3, 0.4) is 0 Å². The first-order chi connectivity index (χ1) is 9.17. The van der Waals surface area contributed by atoms with Gasteiger partial charge in [-0.05, 0) is 19.8 Å². The number of alkyl halides is 1. The molecule has 0 radical (unpaired) electrons. The molecule has 0 atom stereocenters. The topological polar surface area (TPSA) is 37.4 Å². The van der Waals surface area contributed by atoms with E-state index in [1.807, 2.05) is 6.92 Å². The first kappa shape index (κ1) is 15.9. The molecular weight excluding hydrogens is 306 g/mol. The van der Waals surface area contributed by atoms with Crippen LogP contribution in [0.25, 0.3) is 0 Å². The van der Waals surface area contributed by atoms with Crippen LogP contribution in [-0.4, -0.2) is 28.6 Å². The maximum absolute atomic E-state index is 12.1. The SMILES string of the molecule is C=CC1=C(/C=C\C)C(=O)N(CCCCCCBr)C1=O. The fourth-order valence-corrected chi connectivity index (χ4v) is 2.46. The van der Waals surface area contributed by atoms with E-state index in [-0.39, 0.29) is 11.8 Å². The third kappa shape index (κ3) is 3.90. The molecule has 0 unspecified atom stereocenters. The normalized spacial score (nSPS) is 16.0. The summed E-state index contributed by atoms with van der Waals surface area (Å²) in [6.07, 6.45) is 9.06. The molecule has 1 aliphatic heterocycles. The number of hydrogen-bond donors (Lipinski definition) is 0. The van der Waals surface area contributed by atoms with Crippen LogP contribution in [0.5, 0.6) is 0 Å². The maximum atomic E-state index is 12.1. The molecule has 0 saturated carbocycles. The Kier molecular flexibility index (Phi) is 6.78. The molecule has 19 heavy (non-hydrogen) atoms. The van der Waals surface area contributed by atoms with Crippen molar-refractivity contribution in [3.63, 3.8) is 0 Å². The van der Waals surface area contributed by atoms with E-state index in [2.05, 4.69) is 22.5 Å². The van der Waals surface area contributed by atoms with Crippen molar-refractivity contribution in [2.75, 3.05) is 11.9 Å². The van der Waals surface area contributed by atoms with Crippen molar-refractivity contribution in [2.24, 2.45) is 0 Å². The lowest BCUT2D eigenvalue weighted by Gasteiger charge is -2.14. The highest BCUT2D eigenvalue weighted by atomic mass is 79.9. The van der Waals surface area contributed by atoms with Gasteiger partial charge in [0.05, 0.1) is 11.1 Å². The van der Waals surface area contributed by atoms with Crippen molar-refractivity contribution < 1.29 is 9.59 Å². The minimum absolute atomic E-state index is 0.196. The minimum Gasteiger partial charge on any atom is -0.274 e. The number of unbranched alkanes of at least 4 members (excludes halogenated alkanes) is 3. The van der Waals surface area contributed by atoms with Gasteiger partial charge in [0.1, 0.15) is 0 Å². The number of halogens is 1. The monoisotopic (exact) mass is 325 g/mol. The van der Waals surface area contributed by atoms with Gasteiger partial charge in [-0.15, -0.1) is 0 Å². The van der Waals surface area contributed by atoms with Gasteiger partial charge in [-0.2, -0.15) is 0 Å². The fraction of sp³-hybridized carbons (Fsp3) is 0.467. The molecule has 0 N–H and O–H groups in total. The molecule has 0 spiro atoms. The molecule has 4 heteroatoms. The molecular formula is C15H20BrNO2. The molecule has 0 aromatic heterocycles. The highest BCUT2D eigenvalue weighted by Gasteiger charge is 2.34. The molecule has 104 valence electrons. The van der Waals surface area contributed by atoms with Crippen molar-refractivity contribution in [2.45, 2.75) is 32.6 Å². The Balaban J connectivity index is 2.62. The van der Waals surface area contributed by atoms with E-state index in [1.54, 1.807) is 12.2 Å². The van der Waals surface area contributed by atoms with E-state index in [0.717, 1.165) is 31.0 Å². The average molecular weight is 326 g/mol. The summed E-state index contributed by atoms with van der Waals surface area (Å²) in [5, 5.41) is 1.00. The summed E-state index contributed by atoms with van der Waals surface area (Å²) >= 11 is 3.39. The summed E-state index contributed by atoms with van der Waals surface area (Å²) in [6.45, 7) is 5.94. The molecule has 0 bridgehead atoms. The number of carbonyl (C=O) groups is 2. The van der Waals surface area contributed by atoms with Gasteiger partial charge < -0.3 is 0 Å². The molecule has 1 rings (SSSR count). The number of nitrogens with zero attached hydrogens (tertiary/aromatic N) is 1. The van der Waals surface area contributed by atoms with Crippen LogP contribution in [-0.2, 0) is 9.59 Å². The quantitative estimate of drug-likeness (QED) is 0.390. The van der Waals surface area contributed by atoms with Gasteiger partial charge in [-0.1, -0.05) is 53.6 Å². The minimum atomic E-state index is -0.214. The largest absolute Gasteiger partial charge is 0.274 e. The van der Waals surface area contributed by atoms with Gasteiger partial charge in [0.2, 0.25) is 0 Å². The second-order valence-electron chi connectivity index (χ2n) is 4.40. The van der Waals surface area contributed by atoms with E-state index < -0.39 is 0 Å². The van der Waals surface area contributed by atoms with Crippen LogP contribution in [0.15, 0.2) is 36.0 Å². The fourth-order valence-electron chi connectivity index (χ4n) is 2.06. The second kappa shape index (κ2) is 8.10. The zero-order valence-electron chi connectivity index (χ0n) is 11.3. The molecule has 0 fully saturated rings. The lowest BCUT2D eigenvalue weighted by Crippen LogP contribution is -2.32. The predicted octanol–water partition coefficient (Wildman–Crippen LogP) is 3.37. The average Bonchev–Trinajstić information content (AvgIpc) is 2.62. The molecule has 0 aromatic rings. The van der Waals surface area contributed by atoms with Crippen LogP contribution >= 0.6 is 15.9 Å². The number of carbonyl (C=O) groups excluding carboxylic acids is 2. The van der Waals surface area contributed by atoms with Gasteiger partial charge in [0, 0.05) is 11.9 Å². The van der Waals surface area contributed by atoms with E-state index in [1.165, 1.54) is 11.0 Å². The van der Waals surface area contributed by atoms with Crippen molar-refractivity contribution in [1.29, 1.82) is 0 Å². The van der Waals surface area contributed by atoms with Gasteiger partial charge in [0.15, 0.2) is 0 Å². The Morgan fingerprint density at radius 2 is 1.74 bits per heavy atom. The van der Waals surface area contributed by atoms with E-state index in [0.29, 0.717) is 17.7 Å². The Hall–Kier alpha value is -1.16.